The van der Waals surface area contributed by atoms with Crippen LogP contribution in [0.25, 0.3) is 28.5 Å². The molecule has 22 heavy (non-hydrogen) atoms. The van der Waals surface area contributed by atoms with E-state index >= 15 is 0 Å². The van der Waals surface area contributed by atoms with Gasteiger partial charge in [0.25, 0.3) is 0 Å². The number of nitrogens with two attached hydrogens (primary N) is 1. The molecular formula is C15H13N5O2. The van der Waals surface area contributed by atoms with E-state index in [-0.39, 0.29) is 5.56 Å². The lowest BCUT2D eigenvalue weighted by molar-refractivity contribution is -0.113. The first-order valence-electron chi connectivity index (χ1n) is 6.53. The third kappa shape index (κ3) is 2.51. The van der Waals surface area contributed by atoms with Gasteiger partial charge in [0.15, 0.2) is 5.65 Å². The van der Waals surface area contributed by atoms with Crippen LogP contribution >= 0.6 is 0 Å². The SMILES string of the molecule is Cn1cc(-c2cnc3[nH]cc(/C=C/C(N)=O)c3n2)ccc1=O. The van der Waals surface area contributed by atoms with Crippen molar-refractivity contribution in [2.75, 3.05) is 0 Å². The molecule has 0 atom stereocenters. The molecule has 0 aliphatic heterocycles. The van der Waals surface area contributed by atoms with Crippen LogP contribution in [0.15, 0.2) is 41.6 Å². The van der Waals surface area contributed by atoms with Gasteiger partial charge in [-0.2, -0.15) is 0 Å². The number of pyridine rings is 1. The second-order valence-corrected chi connectivity index (χ2v) is 4.80. The summed E-state index contributed by atoms with van der Waals surface area (Å²) in [5, 5.41) is 0. The minimum Gasteiger partial charge on any atom is -0.366 e. The zero-order chi connectivity index (χ0) is 15.7. The van der Waals surface area contributed by atoms with E-state index in [9.17, 15) is 9.59 Å². The van der Waals surface area contributed by atoms with Crippen molar-refractivity contribution in [2.45, 2.75) is 0 Å². The number of aromatic amines is 1. The van der Waals surface area contributed by atoms with Crippen LogP contribution in [0, 0.1) is 0 Å². The third-order valence-electron chi connectivity index (χ3n) is 3.22. The summed E-state index contributed by atoms with van der Waals surface area (Å²) >= 11 is 0. The summed E-state index contributed by atoms with van der Waals surface area (Å²) < 4.78 is 1.48. The first-order chi connectivity index (χ1) is 10.5. The van der Waals surface area contributed by atoms with Crippen molar-refractivity contribution in [2.24, 2.45) is 12.8 Å². The first-order valence-corrected chi connectivity index (χ1v) is 6.53. The molecule has 110 valence electrons. The molecule has 0 spiro atoms. The lowest BCUT2D eigenvalue weighted by atomic mass is 10.2. The normalized spacial score (nSPS) is 11.3. The number of hydrogen-bond acceptors (Lipinski definition) is 4. The Hall–Kier alpha value is -3.22. The van der Waals surface area contributed by atoms with Crippen LogP contribution in [0.5, 0.6) is 0 Å². The zero-order valence-electron chi connectivity index (χ0n) is 11.8. The van der Waals surface area contributed by atoms with E-state index in [0.29, 0.717) is 22.4 Å². The lowest BCUT2D eigenvalue weighted by Crippen LogP contribution is -2.14. The molecule has 0 unspecified atom stereocenters. The van der Waals surface area contributed by atoms with E-state index in [4.69, 9.17) is 5.73 Å². The van der Waals surface area contributed by atoms with Gasteiger partial charge in [0.05, 0.1) is 11.9 Å². The Balaban J connectivity index is 2.11. The number of rotatable bonds is 3. The highest BCUT2D eigenvalue weighted by molar-refractivity contribution is 5.93. The number of hydrogen-bond donors (Lipinski definition) is 2. The molecule has 7 heteroatoms. The monoisotopic (exact) mass is 295 g/mol. The van der Waals surface area contributed by atoms with Crippen LogP contribution < -0.4 is 11.3 Å². The summed E-state index contributed by atoms with van der Waals surface area (Å²) in [5.74, 6) is -0.531. The molecule has 1 amide bonds. The molecule has 3 rings (SSSR count). The van der Waals surface area contributed by atoms with Gasteiger partial charge in [0.2, 0.25) is 11.5 Å². The van der Waals surface area contributed by atoms with Gasteiger partial charge in [0, 0.05) is 42.7 Å². The van der Waals surface area contributed by atoms with Crippen LogP contribution in [0.1, 0.15) is 5.56 Å². The van der Waals surface area contributed by atoms with Crippen molar-refractivity contribution in [1.29, 1.82) is 0 Å². The van der Waals surface area contributed by atoms with Crippen LogP contribution in [-0.4, -0.2) is 25.4 Å². The van der Waals surface area contributed by atoms with Crippen molar-refractivity contribution < 1.29 is 4.79 Å². The molecule has 3 aromatic heterocycles. The summed E-state index contributed by atoms with van der Waals surface area (Å²) in [6, 6.07) is 3.18. The maximum absolute atomic E-state index is 11.4. The highest BCUT2D eigenvalue weighted by Crippen LogP contribution is 2.20. The average Bonchev–Trinajstić information content (AvgIpc) is 2.90. The van der Waals surface area contributed by atoms with Crippen molar-refractivity contribution in [3.63, 3.8) is 0 Å². The Morgan fingerprint density at radius 1 is 1.41 bits per heavy atom. The van der Waals surface area contributed by atoms with Crippen molar-refractivity contribution in [1.82, 2.24) is 19.5 Å². The van der Waals surface area contributed by atoms with E-state index in [0.717, 1.165) is 5.56 Å². The Labute approximate surface area is 125 Å². The molecule has 3 heterocycles. The largest absolute Gasteiger partial charge is 0.366 e. The lowest BCUT2D eigenvalue weighted by Gasteiger charge is -2.03. The topological polar surface area (TPSA) is 107 Å². The molecule has 0 aromatic carbocycles. The molecule has 0 saturated heterocycles. The second kappa shape index (κ2) is 5.28. The number of carbonyl (C=O) groups excluding carboxylic acids is 1. The molecule has 0 aliphatic carbocycles. The standard InChI is InChI=1S/C15H13N5O2/c1-20-8-10(3-5-13(20)22)11-7-18-15-14(19-11)9(6-17-15)2-4-12(16)21/h2-8H,1H3,(H2,16,21)(H,17,18)/b4-2+. The number of H-pyrrole nitrogens is 1. The number of nitrogens with one attached hydrogen (secondary N) is 1. The quantitative estimate of drug-likeness (QED) is 0.697. The number of primary amides is 1. The van der Waals surface area contributed by atoms with Crippen LogP contribution in [0.2, 0.25) is 0 Å². The predicted octanol–water partition coefficient (Wildman–Crippen LogP) is 0.822. The Bertz CT molecular complexity index is 952. The summed E-state index contributed by atoms with van der Waals surface area (Å²) in [5.41, 5.74) is 8.38. The fraction of sp³-hybridized carbons (Fsp3) is 0.0667. The molecule has 0 aliphatic rings. The summed E-state index contributed by atoms with van der Waals surface area (Å²) in [7, 11) is 1.68. The number of carbonyl (C=O) groups is 1. The molecule has 3 aromatic rings. The van der Waals surface area contributed by atoms with Gasteiger partial charge in [-0.3, -0.25) is 9.59 Å². The minimum absolute atomic E-state index is 0.0930. The third-order valence-corrected chi connectivity index (χ3v) is 3.22. The van der Waals surface area contributed by atoms with Gasteiger partial charge in [0.1, 0.15) is 5.52 Å². The average molecular weight is 295 g/mol. The van der Waals surface area contributed by atoms with Gasteiger partial charge >= 0.3 is 0 Å². The van der Waals surface area contributed by atoms with Crippen LogP contribution in [0.4, 0.5) is 0 Å². The van der Waals surface area contributed by atoms with E-state index < -0.39 is 5.91 Å². The van der Waals surface area contributed by atoms with Crippen molar-refractivity contribution >= 4 is 23.1 Å². The van der Waals surface area contributed by atoms with E-state index in [1.807, 2.05) is 0 Å². The van der Waals surface area contributed by atoms with E-state index in [2.05, 4.69) is 15.0 Å². The number of nitrogens with zero attached hydrogens (tertiary/aromatic N) is 3. The predicted molar refractivity (Wildman–Crippen MR) is 82.8 cm³/mol. The minimum atomic E-state index is -0.531. The van der Waals surface area contributed by atoms with Gasteiger partial charge < -0.3 is 15.3 Å². The summed E-state index contributed by atoms with van der Waals surface area (Å²) in [6.45, 7) is 0. The summed E-state index contributed by atoms with van der Waals surface area (Å²) in [4.78, 5) is 34.1. The van der Waals surface area contributed by atoms with E-state index in [1.165, 1.54) is 16.7 Å². The highest BCUT2D eigenvalue weighted by Gasteiger charge is 2.08. The molecule has 0 saturated carbocycles. The number of aromatic nitrogens is 4. The van der Waals surface area contributed by atoms with Gasteiger partial charge in [-0.25, -0.2) is 9.97 Å². The molecule has 7 nitrogen and oxygen atoms in total. The Morgan fingerprint density at radius 3 is 2.95 bits per heavy atom. The van der Waals surface area contributed by atoms with E-state index in [1.54, 1.807) is 37.8 Å². The highest BCUT2D eigenvalue weighted by atomic mass is 16.1. The van der Waals surface area contributed by atoms with Crippen molar-refractivity contribution in [3.8, 4) is 11.3 Å². The molecule has 0 bridgehead atoms. The Morgan fingerprint density at radius 2 is 2.23 bits per heavy atom. The maximum atomic E-state index is 11.4. The second-order valence-electron chi connectivity index (χ2n) is 4.80. The van der Waals surface area contributed by atoms with Crippen molar-refractivity contribution in [3.05, 3.63) is 52.7 Å². The zero-order valence-corrected chi connectivity index (χ0v) is 11.8. The molecule has 0 radical (unpaired) electrons. The van der Waals surface area contributed by atoms with Crippen LogP contribution in [-0.2, 0) is 11.8 Å². The van der Waals surface area contributed by atoms with Gasteiger partial charge in [-0.1, -0.05) is 0 Å². The van der Waals surface area contributed by atoms with Crippen LogP contribution in [0.3, 0.4) is 0 Å². The number of amides is 1. The number of aryl methyl sites for hydroxylation is 1. The smallest absolute Gasteiger partial charge is 0.250 e. The fourth-order valence-corrected chi connectivity index (χ4v) is 2.09. The van der Waals surface area contributed by atoms with Gasteiger partial charge in [-0.05, 0) is 12.1 Å². The molecule has 3 N–H and O–H groups in total. The fourth-order valence-electron chi connectivity index (χ4n) is 2.09. The summed E-state index contributed by atoms with van der Waals surface area (Å²) in [6.07, 6.45) is 7.88. The first kappa shape index (κ1) is 13.7. The number of fused-ring (bicyclic) bond motifs is 1. The maximum Gasteiger partial charge on any atom is 0.250 e. The molecular weight excluding hydrogens is 282 g/mol. The molecule has 0 fully saturated rings. The Kier molecular flexibility index (Phi) is 3.30. The van der Waals surface area contributed by atoms with Gasteiger partial charge in [-0.15, -0.1) is 0 Å².